The Morgan fingerprint density at radius 1 is 1.25 bits per heavy atom. The molecule has 1 aliphatic rings. The van der Waals surface area contributed by atoms with Crippen LogP contribution in [0.2, 0.25) is 0 Å². The van der Waals surface area contributed by atoms with Crippen molar-refractivity contribution >= 4 is 0 Å². The molecule has 0 amide bonds. The summed E-state index contributed by atoms with van der Waals surface area (Å²) in [7, 11) is 0. The first-order chi connectivity index (χ1) is 7.84. The van der Waals surface area contributed by atoms with Crippen LogP contribution in [0.3, 0.4) is 0 Å². The van der Waals surface area contributed by atoms with Gasteiger partial charge in [0.2, 0.25) is 0 Å². The summed E-state index contributed by atoms with van der Waals surface area (Å²) in [5.41, 5.74) is 2.95. The fourth-order valence-electron chi connectivity index (χ4n) is 2.18. The van der Waals surface area contributed by atoms with Crippen LogP contribution < -0.4 is 5.43 Å². The molecular formula is C12H13N3O. The first kappa shape index (κ1) is 9.39. The van der Waals surface area contributed by atoms with E-state index < -0.39 is 0 Å². The largest absolute Gasteiger partial charge is 0.367 e. The molecule has 0 radical (unpaired) electrons. The van der Waals surface area contributed by atoms with E-state index in [-0.39, 0.29) is 5.43 Å². The van der Waals surface area contributed by atoms with Crippen LogP contribution in [-0.2, 0) is 12.8 Å². The number of nitrogens with zero attached hydrogens (tertiary/aromatic N) is 1. The van der Waals surface area contributed by atoms with Crippen LogP contribution in [0.1, 0.15) is 24.2 Å². The number of H-pyrrole nitrogens is 2. The fourth-order valence-corrected chi connectivity index (χ4v) is 2.18. The number of aryl methyl sites for hydroxylation is 2. The van der Waals surface area contributed by atoms with E-state index >= 15 is 0 Å². The van der Waals surface area contributed by atoms with Crippen molar-refractivity contribution in [3.63, 3.8) is 0 Å². The van der Waals surface area contributed by atoms with E-state index in [9.17, 15) is 4.79 Å². The molecule has 0 aromatic carbocycles. The quantitative estimate of drug-likeness (QED) is 0.759. The molecule has 0 spiro atoms. The molecule has 0 saturated carbocycles. The topological polar surface area (TPSA) is 61.5 Å². The summed E-state index contributed by atoms with van der Waals surface area (Å²) < 4.78 is 0. The molecule has 0 atom stereocenters. The minimum absolute atomic E-state index is 0.00449. The lowest BCUT2D eigenvalue weighted by Crippen LogP contribution is -2.03. The van der Waals surface area contributed by atoms with Gasteiger partial charge in [0.05, 0.1) is 11.3 Å². The molecule has 16 heavy (non-hydrogen) atoms. The lowest BCUT2D eigenvalue weighted by molar-refractivity contribution is 0.667. The maximum absolute atomic E-state index is 11.7. The lowest BCUT2D eigenvalue weighted by atomic mass is 10.0. The van der Waals surface area contributed by atoms with Gasteiger partial charge in [-0.25, -0.2) is 4.98 Å². The van der Waals surface area contributed by atoms with Gasteiger partial charge < -0.3 is 9.97 Å². The van der Waals surface area contributed by atoms with E-state index in [4.69, 9.17) is 0 Å². The molecule has 0 unspecified atom stereocenters. The van der Waals surface area contributed by atoms with E-state index in [0.29, 0.717) is 11.4 Å². The number of fused-ring (bicyclic) bond motifs is 1. The van der Waals surface area contributed by atoms with Crippen LogP contribution in [0.4, 0.5) is 0 Å². The highest BCUT2D eigenvalue weighted by atomic mass is 16.1. The maximum atomic E-state index is 11.7. The molecule has 2 aromatic heterocycles. The fraction of sp³-hybridized carbons (Fsp3) is 0.333. The lowest BCUT2D eigenvalue weighted by Gasteiger charge is -2.07. The molecule has 0 saturated heterocycles. The second-order valence-electron chi connectivity index (χ2n) is 4.14. The minimum Gasteiger partial charge on any atom is -0.367 e. The van der Waals surface area contributed by atoms with Gasteiger partial charge in [0.15, 0.2) is 5.43 Å². The Labute approximate surface area is 92.8 Å². The number of nitrogens with one attached hydrogen (secondary N) is 2. The maximum Gasteiger partial charge on any atom is 0.192 e. The zero-order chi connectivity index (χ0) is 11.0. The van der Waals surface area contributed by atoms with Gasteiger partial charge in [0.1, 0.15) is 5.82 Å². The highest BCUT2D eigenvalue weighted by molar-refractivity contribution is 5.54. The molecule has 82 valence electrons. The van der Waals surface area contributed by atoms with Crippen molar-refractivity contribution in [2.24, 2.45) is 0 Å². The van der Waals surface area contributed by atoms with E-state index in [0.717, 1.165) is 18.5 Å². The molecule has 0 aliphatic heterocycles. The summed E-state index contributed by atoms with van der Waals surface area (Å²) in [6.45, 7) is 0. The Bertz CT molecular complexity index is 544. The normalized spacial score (nSPS) is 14.8. The van der Waals surface area contributed by atoms with E-state index in [1.165, 1.54) is 24.6 Å². The third-order valence-corrected chi connectivity index (χ3v) is 3.03. The number of hydrogen-bond donors (Lipinski definition) is 2. The molecule has 0 bridgehead atoms. The minimum atomic E-state index is 0.00449. The van der Waals surface area contributed by atoms with Gasteiger partial charge in [-0.3, -0.25) is 4.79 Å². The van der Waals surface area contributed by atoms with Gasteiger partial charge in [0, 0.05) is 24.2 Å². The number of rotatable bonds is 1. The van der Waals surface area contributed by atoms with Crippen molar-refractivity contribution < 1.29 is 0 Å². The highest BCUT2D eigenvalue weighted by Gasteiger charge is 2.16. The smallest absolute Gasteiger partial charge is 0.192 e. The summed E-state index contributed by atoms with van der Waals surface area (Å²) in [6.07, 6.45) is 7.81. The summed E-state index contributed by atoms with van der Waals surface area (Å²) >= 11 is 0. The average Bonchev–Trinajstić information content (AvgIpc) is 2.73. The molecule has 0 fully saturated rings. The Balaban J connectivity index is 2.11. The first-order valence-electron chi connectivity index (χ1n) is 5.60. The van der Waals surface area contributed by atoms with Gasteiger partial charge in [-0.2, -0.15) is 0 Å². The third-order valence-electron chi connectivity index (χ3n) is 3.03. The Morgan fingerprint density at radius 2 is 2.12 bits per heavy atom. The van der Waals surface area contributed by atoms with Crippen molar-refractivity contribution in [3.8, 4) is 11.4 Å². The van der Waals surface area contributed by atoms with Gasteiger partial charge in [0.25, 0.3) is 0 Å². The van der Waals surface area contributed by atoms with Crippen LogP contribution in [0.5, 0.6) is 0 Å². The molecule has 2 heterocycles. The van der Waals surface area contributed by atoms with Crippen LogP contribution in [0, 0.1) is 0 Å². The van der Waals surface area contributed by atoms with Crippen LogP contribution in [-0.4, -0.2) is 15.0 Å². The van der Waals surface area contributed by atoms with Crippen molar-refractivity contribution in [2.75, 3.05) is 0 Å². The van der Waals surface area contributed by atoms with Crippen molar-refractivity contribution in [1.29, 1.82) is 0 Å². The van der Waals surface area contributed by atoms with Crippen LogP contribution >= 0.6 is 0 Å². The molecule has 4 heteroatoms. The van der Waals surface area contributed by atoms with Crippen molar-refractivity contribution in [2.45, 2.75) is 25.7 Å². The van der Waals surface area contributed by atoms with Crippen LogP contribution in [0.25, 0.3) is 11.4 Å². The SMILES string of the molecule is O=c1cc[nH]cc1-c1nc2c([nH]1)CCCC2. The van der Waals surface area contributed by atoms with Crippen molar-refractivity contribution in [1.82, 2.24) is 15.0 Å². The molecule has 2 N–H and O–H groups in total. The van der Waals surface area contributed by atoms with E-state index in [1.807, 2.05) is 0 Å². The van der Waals surface area contributed by atoms with Gasteiger partial charge in [-0.15, -0.1) is 0 Å². The third kappa shape index (κ3) is 1.46. The standard InChI is InChI=1S/C12H13N3O/c16-11-5-6-13-7-8(11)12-14-9-3-1-2-4-10(9)15-12/h5-7H,1-4H2,(H,13,16)(H,14,15). The summed E-state index contributed by atoms with van der Waals surface area (Å²) in [4.78, 5) is 22.3. The molecular weight excluding hydrogens is 202 g/mol. The second kappa shape index (κ2) is 3.63. The number of imidazole rings is 1. The van der Waals surface area contributed by atoms with E-state index in [1.54, 1.807) is 12.4 Å². The summed E-state index contributed by atoms with van der Waals surface area (Å²) in [5.74, 6) is 0.703. The monoisotopic (exact) mass is 215 g/mol. The molecule has 1 aliphatic carbocycles. The number of hydrogen-bond acceptors (Lipinski definition) is 2. The number of aromatic nitrogens is 3. The molecule has 4 nitrogen and oxygen atoms in total. The summed E-state index contributed by atoms with van der Waals surface area (Å²) in [5, 5.41) is 0. The zero-order valence-corrected chi connectivity index (χ0v) is 8.92. The first-order valence-corrected chi connectivity index (χ1v) is 5.60. The predicted molar refractivity (Wildman–Crippen MR) is 61.3 cm³/mol. The van der Waals surface area contributed by atoms with Crippen molar-refractivity contribution in [3.05, 3.63) is 40.1 Å². The highest BCUT2D eigenvalue weighted by Crippen LogP contribution is 2.21. The summed E-state index contributed by atoms with van der Waals surface area (Å²) in [6, 6.07) is 1.52. The molecule has 2 aromatic rings. The zero-order valence-electron chi connectivity index (χ0n) is 8.92. The Hall–Kier alpha value is -1.84. The number of aromatic amines is 2. The van der Waals surface area contributed by atoms with Gasteiger partial charge in [-0.1, -0.05) is 0 Å². The Kier molecular flexibility index (Phi) is 2.13. The Morgan fingerprint density at radius 3 is 2.94 bits per heavy atom. The van der Waals surface area contributed by atoms with E-state index in [2.05, 4.69) is 15.0 Å². The molecule has 3 rings (SSSR count). The number of pyridine rings is 1. The second-order valence-corrected chi connectivity index (χ2v) is 4.14. The van der Waals surface area contributed by atoms with Gasteiger partial charge >= 0.3 is 0 Å². The average molecular weight is 215 g/mol. The van der Waals surface area contributed by atoms with Crippen LogP contribution in [0.15, 0.2) is 23.3 Å². The predicted octanol–water partition coefficient (Wildman–Crippen LogP) is 1.64. The van der Waals surface area contributed by atoms with Gasteiger partial charge in [-0.05, 0) is 25.7 Å².